The molecule has 0 aromatic carbocycles. The van der Waals surface area contributed by atoms with Gasteiger partial charge in [0, 0.05) is 13.0 Å². The lowest BCUT2D eigenvalue weighted by atomic mass is 10.3. The summed E-state index contributed by atoms with van der Waals surface area (Å²) in [6.45, 7) is 8.47. The van der Waals surface area contributed by atoms with Crippen LogP contribution in [-0.2, 0) is 9.53 Å². The molecule has 0 radical (unpaired) electrons. The van der Waals surface area contributed by atoms with Crippen molar-refractivity contribution < 1.29 is 14.3 Å². The van der Waals surface area contributed by atoms with Gasteiger partial charge in [-0.15, -0.1) is 0 Å². The quantitative estimate of drug-likeness (QED) is 0.725. The number of nitrogens with zero attached hydrogens (tertiary/aromatic N) is 2. The fourth-order valence-corrected chi connectivity index (χ4v) is 2.79. The molecule has 1 aromatic rings. The van der Waals surface area contributed by atoms with Gasteiger partial charge >= 0.3 is 5.97 Å². The van der Waals surface area contributed by atoms with Gasteiger partial charge in [-0.3, -0.25) is 9.69 Å². The standard InChI is InChI=1S/C14H22N2O3S/c1-5-8-11(17)16(9-6-2)14-15-10(4)12(20-14)13(18)19-7-3/h5-9H2,1-4H3. The molecule has 0 saturated heterocycles. The van der Waals surface area contributed by atoms with Gasteiger partial charge in [0.05, 0.1) is 12.3 Å². The summed E-state index contributed by atoms with van der Waals surface area (Å²) in [4.78, 5) is 30.4. The third-order valence-corrected chi connectivity index (χ3v) is 3.85. The highest BCUT2D eigenvalue weighted by Gasteiger charge is 2.22. The predicted octanol–water partition coefficient (Wildman–Crippen LogP) is 3.17. The van der Waals surface area contributed by atoms with Gasteiger partial charge in [0.2, 0.25) is 5.91 Å². The first kappa shape index (κ1) is 16.6. The van der Waals surface area contributed by atoms with E-state index in [0.29, 0.717) is 35.3 Å². The molecule has 0 unspecified atom stereocenters. The van der Waals surface area contributed by atoms with Gasteiger partial charge in [0.15, 0.2) is 5.13 Å². The summed E-state index contributed by atoms with van der Waals surface area (Å²) in [6.07, 6.45) is 2.14. The number of hydrogen-bond donors (Lipinski definition) is 0. The minimum atomic E-state index is -0.367. The van der Waals surface area contributed by atoms with E-state index in [2.05, 4.69) is 4.98 Å². The van der Waals surface area contributed by atoms with Gasteiger partial charge in [-0.2, -0.15) is 0 Å². The molecular weight excluding hydrogens is 276 g/mol. The Balaban J connectivity index is 3.00. The number of carbonyl (C=O) groups is 2. The van der Waals surface area contributed by atoms with Crippen molar-refractivity contribution in [3.8, 4) is 0 Å². The molecule has 0 aliphatic rings. The Morgan fingerprint density at radius 1 is 1.25 bits per heavy atom. The molecule has 0 atom stereocenters. The topological polar surface area (TPSA) is 59.5 Å². The van der Waals surface area contributed by atoms with E-state index < -0.39 is 0 Å². The molecule has 0 bridgehead atoms. The van der Waals surface area contributed by atoms with Crippen LogP contribution in [0.25, 0.3) is 0 Å². The van der Waals surface area contributed by atoms with Crippen molar-refractivity contribution in [2.24, 2.45) is 0 Å². The van der Waals surface area contributed by atoms with E-state index in [1.807, 2.05) is 13.8 Å². The number of thiazole rings is 1. The average molecular weight is 298 g/mol. The number of aryl methyl sites for hydroxylation is 1. The Morgan fingerprint density at radius 2 is 1.95 bits per heavy atom. The molecule has 0 spiro atoms. The van der Waals surface area contributed by atoms with Crippen molar-refractivity contribution in [1.82, 2.24) is 4.98 Å². The summed E-state index contributed by atoms with van der Waals surface area (Å²) in [5.41, 5.74) is 0.619. The summed E-state index contributed by atoms with van der Waals surface area (Å²) in [5.74, 6) is -0.313. The molecule has 0 N–H and O–H groups in total. The Kier molecular flexibility index (Phi) is 6.64. The summed E-state index contributed by atoms with van der Waals surface area (Å²) in [7, 11) is 0. The zero-order valence-electron chi connectivity index (χ0n) is 12.6. The second kappa shape index (κ2) is 7.99. The highest BCUT2D eigenvalue weighted by molar-refractivity contribution is 7.17. The van der Waals surface area contributed by atoms with Crippen molar-refractivity contribution in [3.05, 3.63) is 10.6 Å². The minimum Gasteiger partial charge on any atom is -0.462 e. The number of rotatable bonds is 7. The number of carbonyl (C=O) groups excluding carboxylic acids is 2. The van der Waals surface area contributed by atoms with Gasteiger partial charge in [0.25, 0.3) is 0 Å². The second-order valence-corrected chi connectivity index (χ2v) is 5.40. The largest absolute Gasteiger partial charge is 0.462 e. The molecule has 0 saturated carbocycles. The zero-order chi connectivity index (χ0) is 15.1. The van der Waals surface area contributed by atoms with Crippen LogP contribution in [0.3, 0.4) is 0 Å². The van der Waals surface area contributed by atoms with Crippen molar-refractivity contribution in [1.29, 1.82) is 0 Å². The summed E-state index contributed by atoms with van der Waals surface area (Å²) < 4.78 is 5.00. The van der Waals surface area contributed by atoms with Crippen molar-refractivity contribution in [3.63, 3.8) is 0 Å². The van der Waals surface area contributed by atoms with Crippen LogP contribution in [0.5, 0.6) is 0 Å². The van der Waals surface area contributed by atoms with E-state index in [-0.39, 0.29) is 11.9 Å². The van der Waals surface area contributed by atoms with E-state index >= 15 is 0 Å². The molecule has 5 nitrogen and oxygen atoms in total. The first-order chi connectivity index (χ1) is 9.54. The number of ether oxygens (including phenoxy) is 1. The Hall–Kier alpha value is -1.43. The van der Waals surface area contributed by atoms with Gasteiger partial charge in [-0.25, -0.2) is 9.78 Å². The maximum atomic E-state index is 12.1. The van der Waals surface area contributed by atoms with Gasteiger partial charge in [-0.1, -0.05) is 25.2 Å². The average Bonchev–Trinajstić information content (AvgIpc) is 2.78. The van der Waals surface area contributed by atoms with Crippen LogP contribution in [0.2, 0.25) is 0 Å². The number of aromatic nitrogens is 1. The number of amides is 1. The molecule has 1 rings (SSSR count). The van der Waals surface area contributed by atoms with E-state index in [1.54, 1.807) is 18.7 Å². The van der Waals surface area contributed by atoms with Crippen LogP contribution in [0.1, 0.15) is 55.4 Å². The fraction of sp³-hybridized carbons (Fsp3) is 0.643. The van der Waals surface area contributed by atoms with E-state index in [0.717, 1.165) is 12.8 Å². The third-order valence-electron chi connectivity index (χ3n) is 2.69. The predicted molar refractivity (Wildman–Crippen MR) is 80.4 cm³/mol. The number of esters is 1. The van der Waals surface area contributed by atoms with Crippen LogP contribution in [0.4, 0.5) is 5.13 Å². The summed E-state index contributed by atoms with van der Waals surface area (Å²) >= 11 is 1.23. The molecule has 20 heavy (non-hydrogen) atoms. The Bertz CT molecular complexity index is 471. The van der Waals surface area contributed by atoms with Crippen LogP contribution in [0.15, 0.2) is 0 Å². The van der Waals surface area contributed by atoms with E-state index in [4.69, 9.17) is 4.74 Å². The van der Waals surface area contributed by atoms with Crippen molar-refractivity contribution in [2.45, 2.75) is 47.0 Å². The molecule has 1 amide bonds. The number of hydrogen-bond acceptors (Lipinski definition) is 5. The van der Waals surface area contributed by atoms with Crippen LogP contribution in [0, 0.1) is 6.92 Å². The second-order valence-electron chi connectivity index (χ2n) is 4.43. The summed E-state index contributed by atoms with van der Waals surface area (Å²) in [6, 6.07) is 0. The minimum absolute atomic E-state index is 0.0542. The molecule has 1 heterocycles. The van der Waals surface area contributed by atoms with E-state index in [1.165, 1.54) is 11.3 Å². The van der Waals surface area contributed by atoms with E-state index in [9.17, 15) is 9.59 Å². The Morgan fingerprint density at radius 3 is 2.50 bits per heavy atom. The maximum absolute atomic E-state index is 12.1. The van der Waals surface area contributed by atoms with Gasteiger partial charge < -0.3 is 4.74 Å². The van der Waals surface area contributed by atoms with Crippen molar-refractivity contribution >= 4 is 28.3 Å². The molecule has 112 valence electrons. The van der Waals surface area contributed by atoms with Crippen molar-refractivity contribution in [2.75, 3.05) is 18.1 Å². The smallest absolute Gasteiger partial charge is 0.350 e. The lowest BCUT2D eigenvalue weighted by Gasteiger charge is -2.18. The molecule has 0 fully saturated rings. The van der Waals surface area contributed by atoms with Crippen LogP contribution in [-0.4, -0.2) is 30.0 Å². The third kappa shape index (κ3) is 4.03. The fourth-order valence-electron chi connectivity index (χ4n) is 1.78. The molecule has 0 aliphatic carbocycles. The maximum Gasteiger partial charge on any atom is 0.350 e. The first-order valence-electron chi connectivity index (χ1n) is 6.99. The molecule has 1 aromatic heterocycles. The zero-order valence-corrected chi connectivity index (χ0v) is 13.4. The normalized spacial score (nSPS) is 10.4. The Labute approximate surface area is 124 Å². The number of anilines is 1. The highest BCUT2D eigenvalue weighted by atomic mass is 32.1. The lowest BCUT2D eigenvalue weighted by Crippen LogP contribution is -2.31. The highest BCUT2D eigenvalue weighted by Crippen LogP contribution is 2.27. The van der Waals surface area contributed by atoms with Gasteiger partial charge in [-0.05, 0) is 26.7 Å². The molecule has 6 heteroatoms. The van der Waals surface area contributed by atoms with Gasteiger partial charge in [0.1, 0.15) is 4.88 Å². The molecular formula is C14H22N2O3S. The lowest BCUT2D eigenvalue weighted by molar-refractivity contribution is -0.118. The molecule has 0 aliphatic heterocycles. The monoisotopic (exact) mass is 298 g/mol. The van der Waals surface area contributed by atoms with Crippen LogP contribution >= 0.6 is 11.3 Å². The summed E-state index contributed by atoms with van der Waals surface area (Å²) in [5, 5.41) is 0.589. The SMILES string of the molecule is CCCC(=O)N(CCC)c1nc(C)c(C(=O)OCC)s1. The van der Waals surface area contributed by atoms with Crippen LogP contribution < -0.4 is 4.90 Å². The first-order valence-corrected chi connectivity index (χ1v) is 7.81.